The van der Waals surface area contributed by atoms with Gasteiger partial charge in [0, 0.05) is 6.04 Å². The maximum Gasteiger partial charge on any atom is 0.0583 e. The Balaban J connectivity index is 1.78. The lowest BCUT2D eigenvalue weighted by molar-refractivity contribution is 0.0357. The van der Waals surface area contributed by atoms with E-state index in [1.54, 1.807) is 5.56 Å². The van der Waals surface area contributed by atoms with Crippen molar-refractivity contribution in [3.8, 4) is 0 Å². The highest BCUT2D eigenvalue weighted by Crippen LogP contribution is 2.38. The second-order valence-electron chi connectivity index (χ2n) is 6.77. The van der Waals surface area contributed by atoms with Crippen LogP contribution >= 0.6 is 0 Å². The molecule has 1 aromatic carbocycles. The van der Waals surface area contributed by atoms with Crippen molar-refractivity contribution in [2.24, 2.45) is 5.92 Å². The highest BCUT2D eigenvalue weighted by molar-refractivity contribution is 5.31. The molecule has 1 aliphatic carbocycles. The summed E-state index contributed by atoms with van der Waals surface area (Å²) in [5.74, 6) is 0.712. The number of rotatable bonds is 4. The number of hydrogen-bond donors (Lipinski definition) is 1. The van der Waals surface area contributed by atoms with Crippen LogP contribution < -0.4 is 5.32 Å². The number of aryl methyl sites for hydroxylation is 1. The standard InChI is InChI=1S/C19H29NO/c1-3-20-19-16(13-17-12-11-14(2)21-17)9-6-8-15-7-4-5-10-18(15)19/h4-5,7,10,14,16-17,19-20H,3,6,8-9,11-13H2,1-2H3. The lowest BCUT2D eigenvalue weighted by Crippen LogP contribution is -2.30. The molecular weight excluding hydrogens is 258 g/mol. The fourth-order valence-electron chi connectivity index (χ4n) is 4.19. The van der Waals surface area contributed by atoms with E-state index in [1.165, 1.54) is 44.1 Å². The molecule has 2 nitrogen and oxygen atoms in total. The van der Waals surface area contributed by atoms with Crippen molar-refractivity contribution in [3.05, 3.63) is 35.4 Å². The minimum atomic E-state index is 0.464. The van der Waals surface area contributed by atoms with Gasteiger partial charge in [-0.2, -0.15) is 0 Å². The summed E-state index contributed by atoms with van der Waals surface area (Å²) in [4.78, 5) is 0. The first kappa shape index (κ1) is 15.1. The minimum absolute atomic E-state index is 0.464. The molecule has 21 heavy (non-hydrogen) atoms. The predicted molar refractivity (Wildman–Crippen MR) is 87.5 cm³/mol. The third-order valence-electron chi connectivity index (χ3n) is 5.19. The maximum absolute atomic E-state index is 6.09. The van der Waals surface area contributed by atoms with Gasteiger partial charge < -0.3 is 10.1 Å². The molecule has 0 saturated carbocycles. The lowest BCUT2D eigenvalue weighted by atomic mass is 9.86. The smallest absolute Gasteiger partial charge is 0.0583 e. The molecule has 2 heteroatoms. The van der Waals surface area contributed by atoms with E-state index in [2.05, 4.69) is 43.4 Å². The molecule has 116 valence electrons. The molecule has 1 aromatic rings. The molecule has 0 radical (unpaired) electrons. The third-order valence-corrected chi connectivity index (χ3v) is 5.19. The molecule has 1 N–H and O–H groups in total. The Morgan fingerprint density at radius 2 is 2.05 bits per heavy atom. The van der Waals surface area contributed by atoms with Crippen LogP contribution in [-0.4, -0.2) is 18.8 Å². The topological polar surface area (TPSA) is 21.3 Å². The summed E-state index contributed by atoms with van der Waals surface area (Å²) in [5.41, 5.74) is 3.08. The van der Waals surface area contributed by atoms with Crippen LogP contribution in [0.25, 0.3) is 0 Å². The number of fused-ring (bicyclic) bond motifs is 1. The summed E-state index contributed by atoms with van der Waals surface area (Å²) < 4.78 is 6.09. The van der Waals surface area contributed by atoms with E-state index in [0.717, 1.165) is 6.54 Å². The summed E-state index contributed by atoms with van der Waals surface area (Å²) >= 11 is 0. The van der Waals surface area contributed by atoms with Crippen molar-refractivity contribution < 1.29 is 4.74 Å². The molecule has 0 amide bonds. The van der Waals surface area contributed by atoms with Crippen LogP contribution in [0.2, 0.25) is 0 Å². The van der Waals surface area contributed by atoms with Crippen molar-refractivity contribution in [1.29, 1.82) is 0 Å². The molecule has 0 aromatic heterocycles. The molecule has 0 bridgehead atoms. The van der Waals surface area contributed by atoms with E-state index in [4.69, 9.17) is 4.74 Å². The summed E-state index contributed by atoms with van der Waals surface area (Å²) in [6, 6.07) is 9.53. The van der Waals surface area contributed by atoms with Crippen LogP contribution in [-0.2, 0) is 11.2 Å². The molecule has 1 heterocycles. The molecule has 1 aliphatic heterocycles. The maximum atomic E-state index is 6.09. The highest BCUT2D eigenvalue weighted by Gasteiger charge is 2.31. The Kier molecular flexibility index (Phi) is 4.97. The van der Waals surface area contributed by atoms with Crippen molar-refractivity contribution in [2.45, 2.75) is 70.6 Å². The van der Waals surface area contributed by atoms with Gasteiger partial charge in [-0.3, -0.25) is 0 Å². The number of ether oxygens (including phenoxy) is 1. The molecule has 1 saturated heterocycles. The molecule has 4 atom stereocenters. The number of benzene rings is 1. The summed E-state index contributed by atoms with van der Waals surface area (Å²) in [6.45, 7) is 5.47. The molecular formula is C19H29NO. The van der Waals surface area contributed by atoms with Gasteiger partial charge in [-0.05, 0) is 69.0 Å². The predicted octanol–water partition coefficient (Wildman–Crippen LogP) is 4.25. The van der Waals surface area contributed by atoms with Gasteiger partial charge in [0.25, 0.3) is 0 Å². The Morgan fingerprint density at radius 1 is 1.19 bits per heavy atom. The van der Waals surface area contributed by atoms with E-state index in [9.17, 15) is 0 Å². The second-order valence-corrected chi connectivity index (χ2v) is 6.77. The zero-order chi connectivity index (χ0) is 14.7. The third kappa shape index (κ3) is 3.49. The quantitative estimate of drug-likeness (QED) is 0.836. The second kappa shape index (κ2) is 6.93. The van der Waals surface area contributed by atoms with Gasteiger partial charge in [-0.25, -0.2) is 0 Å². The fourth-order valence-corrected chi connectivity index (χ4v) is 4.19. The van der Waals surface area contributed by atoms with E-state index in [0.29, 0.717) is 24.2 Å². The monoisotopic (exact) mass is 287 g/mol. The first-order valence-electron chi connectivity index (χ1n) is 8.74. The lowest BCUT2D eigenvalue weighted by Gasteiger charge is -2.29. The van der Waals surface area contributed by atoms with Crippen molar-refractivity contribution in [3.63, 3.8) is 0 Å². The van der Waals surface area contributed by atoms with Crippen LogP contribution in [0.15, 0.2) is 24.3 Å². The first-order chi connectivity index (χ1) is 10.3. The molecule has 3 rings (SSSR count). The van der Waals surface area contributed by atoms with Gasteiger partial charge in [0.05, 0.1) is 12.2 Å². The van der Waals surface area contributed by atoms with E-state index >= 15 is 0 Å². The molecule has 4 unspecified atom stereocenters. The van der Waals surface area contributed by atoms with Gasteiger partial charge in [-0.15, -0.1) is 0 Å². The van der Waals surface area contributed by atoms with Crippen LogP contribution in [0, 0.1) is 5.92 Å². The summed E-state index contributed by atoms with van der Waals surface area (Å²) in [6.07, 6.45) is 8.51. The van der Waals surface area contributed by atoms with Gasteiger partial charge >= 0.3 is 0 Å². The molecule has 2 aliphatic rings. The van der Waals surface area contributed by atoms with E-state index in [-0.39, 0.29) is 0 Å². The van der Waals surface area contributed by atoms with Crippen LogP contribution in [0.4, 0.5) is 0 Å². The molecule has 0 spiro atoms. The first-order valence-corrected chi connectivity index (χ1v) is 8.74. The summed E-state index contributed by atoms with van der Waals surface area (Å²) in [7, 11) is 0. The van der Waals surface area contributed by atoms with E-state index in [1.807, 2.05) is 0 Å². The number of hydrogen-bond acceptors (Lipinski definition) is 2. The van der Waals surface area contributed by atoms with Crippen molar-refractivity contribution in [1.82, 2.24) is 5.32 Å². The molecule has 1 fully saturated rings. The summed E-state index contributed by atoms with van der Waals surface area (Å²) in [5, 5.41) is 3.76. The van der Waals surface area contributed by atoms with Gasteiger partial charge in [0.15, 0.2) is 0 Å². The SMILES string of the molecule is CCNC1c2ccccc2CCCC1CC1CCC(C)O1. The van der Waals surface area contributed by atoms with E-state index < -0.39 is 0 Å². The zero-order valence-corrected chi connectivity index (χ0v) is 13.5. The largest absolute Gasteiger partial charge is 0.375 e. The highest BCUT2D eigenvalue weighted by atomic mass is 16.5. The minimum Gasteiger partial charge on any atom is -0.375 e. The van der Waals surface area contributed by atoms with Crippen LogP contribution in [0.3, 0.4) is 0 Å². The average molecular weight is 287 g/mol. The Hall–Kier alpha value is -0.860. The normalized spacial score (nSPS) is 32.7. The Bertz CT molecular complexity index is 459. The van der Waals surface area contributed by atoms with Crippen molar-refractivity contribution in [2.75, 3.05) is 6.54 Å². The fraction of sp³-hybridized carbons (Fsp3) is 0.684. The van der Waals surface area contributed by atoms with Crippen LogP contribution in [0.5, 0.6) is 0 Å². The van der Waals surface area contributed by atoms with Crippen LogP contribution in [0.1, 0.15) is 63.1 Å². The Morgan fingerprint density at radius 3 is 2.81 bits per heavy atom. The van der Waals surface area contributed by atoms with Gasteiger partial charge in [0.1, 0.15) is 0 Å². The van der Waals surface area contributed by atoms with Crippen molar-refractivity contribution >= 4 is 0 Å². The van der Waals surface area contributed by atoms with Gasteiger partial charge in [0.2, 0.25) is 0 Å². The van der Waals surface area contributed by atoms with Gasteiger partial charge in [-0.1, -0.05) is 31.2 Å². The number of nitrogens with one attached hydrogen (secondary N) is 1. The zero-order valence-electron chi connectivity index (χ0n) is 13.5. The Labute approximate surface area is 129 Å². The average Bonchev–Trinajstić information content (AvgIpc) is 2.81.